The standard InChI is InChI=1S/C12H19N3O/c1-10-8-13-5-6-15(10)9-11-7-12(16-2)3-4-14-11/h3-4,7,10,13H,5-6,8-9H2,1-2H3. The van der Waals surface area contributed by atoms with Gasteiger partial charge in [0.05, 0.1) is 12.8 Å². The number of methoxy groups -OCH3 is 1. The fourth-order valence-corrected chi connectivity index (χ4v) is 2.00. The van der Waals surface area contributed by atoms with Gasteiger partial charge in [-0.15, -0.1) is 0 Å². The molecule has 0 amide bonds. The quantitative estimate of drug-likeness (QED) is 0.822. The molecule has 0 radical (unpaired) electrons. The topological polar surface area (TPSA) is 37.4 Å². The minimum atomic E-state index is 0.571. The molecule has 88 valence electrons. The summed E-state index contributed by atoms with van der Waals surface area (Å²) in [7, 11) is 1.69. The van der Waals surface area contributed by atoms with Crippen LogP contribution in [-0.2, 0) is 6.54 Å². The van der Waals surface area contributed by atoms with E-state index in [-0.39, 0.29) is 0 Å². The normalized spacial score (nSPS) is 22.0. The lowest BCUT2D eigenvalue weighted by Gasteiger charge is -2.33. The van der Waals surface area contributed by atoms with Gasteiger partial charge in [0, 0.05) is 44.5 Å². The first-order valence-electron chi connectivity index (χ1n) is 5.73. The Kier molecular flexibility index (Phi) is 3.74. The number of nitrogens with zero attached hydrogens (tertiary/aromatic N) is 2. The second-order valence-electron chi connectivity index (χ2n) is 4.21. The van der Waals surface area contributed by atoms with Crippen LogP contribution in [0.25, 0.3) is 0 Å². The number of aromatic nitrogens is 1. The summed E-state index contributed by atoms with van der Waals surface area (Å²) in [6.45, 7) is 6.35. The van der Waals surface area contributed by atoms with E-state index in [1.54, 1.807) is 13.3 Å². The molecule has 1 N–H and O–H groups in total. The van der Waals surface area contributed by atoms with Crippen LogP contribution in [0, 0.1) is 0 Å². The largest absolute Gasteiger partial charge is 0.497 e. The van der Waals surface area contributed by atoms with Crippen molar-refractivity contribution in [1.82, 2.24) is 15.2 Å². The summed E-state index contributed by atoms with van der Waals surface area (Å²) in [6, 6.07) is 4.46. The van der Waals surface area contributed by atoms with Crippen LogP contribution in [0.1, 0.15) is 12.6 Å². The number of pyridine rings is 1. The van der Waals surface area contributed by atoms with Crippen molar-refractivity contribution < 1.29 is 4.74 Å². The summed E-state index contributed by atoms with van der Waals surface area (Å²) < 4.78 is 5.20. The molecule has 0 aromatic carbocycles. The predicted molar refractivity (Wildman–Crippen MR) is 63.5 cm³/mol. The maximum Gasteiger partial charge on any atom is 0.122 e. The molecule has 1 fully saturated rings. The van der Waals surface area contributed by atoms with Gasteiger partial charge in [-0.1, -0.05) is 0 Å². The van der Waals surface area contributed by atoms with E-state index in [0.29, 0.717) is 6.04 Å². The van der Waals surface area contributed by atoms with Crippen LogP contribution in [0.5, 0.6) is 5.75 Å². The second kappa shape index (κ2) is 5.27. The molecule has 0 saturated carbocycles. The van der Waals surface area contributed by atoms with E-state index in [0.717, 1.165) is 37.6 Å². The van der Waals surface area contributed by atoms with Gasteiger partial charge >= 0.3 is 0 Å². The Hall–Kier alpha value is -1.13. The zero-order chi connectivity index (χ0) is 11.4. The van der Waals surface area contributed by atoms with E-state index < -0.39 is 0 Å². The minimum Gasteiger partial charge on any atom is -0.497 e. The molecule has 16 heavy (non-hydrogen) atoms. The molecular weight excluding hydrogens is 202 g/mol. The molecule has 4 heteroatoms. The Labute approximate surface area is 96.6 Å². The third kappa shape index (κ3) is 2.71. The van der Waals surface area contributed by atoms with Gasteiger partial charge in [0.1, 0.15) is 5.75 Å². The van der Waals surface area contributed by atoms with Crippen molar-refractivity contribution in [1.29, 1.82) is 0 Å². The molecule has 0 spiro atoms. The highest BCUT2D eigenvalue weighted by Gasteiger charge is 2.18. The van der Waals surface area contributed by atoms with Gasteiger partial charge in [-0.05, 0) is 13.0 Å². The number of hydrogen-bond acceptors (Lipinski definition) is 4. The number of ether oxygens (including phenoxy) is 1. The molecule has 2 heterocycles. The number of nitrogens with one attached hydrogen (secondary N) is 1. The van der Waals surface area contributed by atoms with Crippen molar-refractivity contribution in [3.05, 3.63) is 24.0 Å². The monoisotopic (exact) mass is 221 g/mol. The zero-order valence-electron chi connectivity index (χ0n) is 9.94. The Bertz CT molecular complexity index is 343. The van der Waals surface area contributed by atoms with E-state index in [2.05, 4.69) is 22.1 Å². The summed E-state index contributed by atoms with van der Waals surface area (Å²) in [6.07, 6.45) is 1.81. The molecule has 0 aliphatic carbocycles. The van der Waals surface area contributed by atoms with Crippen LogP contribution in [0.2, 0.25) is 0 Å². The molecule has 1 unspecified atom stereocenters. The van der Waals surface area contributed by atoms with E-state index in [1.165, 1.54) is 0 Å². The molecule has 0 bridgehead atoms. The Morgan fingerprint density at radius 1 is 1.62 bits per heavy atom. The molecule has 1 aliphatic rings. The van der Waals surface area contributed by atoms with Gasteiger partial charge in [-0.2, -0.15) is 0 Å². The fourth-order valence-electron chi connectivity index (χ4n) is 2.00. The first-order chi connectivity index (χ1) is 7.79. The van der Waals surface area contributed by atoms with Gasteiger partial charge in [-0.3, -0.25) is 9.88 Å². The van der Waals surface area contributed by atoms with Gasteiger partial charge < -0.3 is 10.1 Å². The van der Waals surface area contributed by atoms with E-state index in [4.69, 9.17) is 4.74 Å². The molecule has 4 nitrogen and oxygen atoms in total. The lowest BCUT2D eigenvalue weighted by Crippen LogP contribution is -2.49. The van der Waals surface area contributed by atoms with E-state index in [9.17, 15) is 0 Å². The van der Waals surface area contributed by atoms with Gasteiger partial charge in [0.25, 0.3) is 0 Å². The highest BCUT2D eigenvalue weighted by Crippen LogP contribution is 2.13. The molecule has 2 rings (SSSR count). The van der Waals surface area contributed by atoms with Crippen LogP contribution in [0.4, 0.5) is 0 Å². The lowest BCUT2D eigenvalue weighted by atomic mass is 10.2. The molecular formula is C12H19N3O. The van der Waals surface area contributed by atoms with Crippen molar-refractivity contribution in [2.45, 2.75) is 19.5 Å². The Morgan fingerprint density at radius 3 is 3.25 bits per heavy atom. The summed E-state index contributed by atoms with van der Waals surface area (Å²) in [5, 5.41) is 3.39. The lowest BCUT2D eigenvalue weighted by molar-refractivity contribution is 0.163. The number of hydrogen-bond donors (Lipinski definition) is 1. The van der Waals surface area contributed by atoms with Crippen molar-refractivity contribution in [3.63, 3.8) is 0 Å². The summed E-state index contributed by atoms with van der Waals surface area (Å²) >= 11 is 0. The van der Waals surface area contributed by atoms with Crippen LogP contribution in [0.3, 0.4) is 0 Å². The molecule has 1 aromatic rings. The van der Waals surface area contributed by atoms with Crippen molar-refractivity contribution in [3.8, 4) is 5.75 Å². The van der Waals surface area contributed by atoms with Gasteiger partial charge in [0.15, 0.2) is 0 Å². The summed E-state index contributed by atoms with van der Waals surface area (Å²) in [4.78, 5) is 6.82. The van der Waals surface area contributed by atoms with Crippen molar-refractivity contribution in [2.24, 2.45) is 0 Å². The van der Waals surface area contributed by atoms with E-state index in [1.807, 2.05) is 12.1 Å². The maximum atomic E-state index is 5.20. The van der Waals surface area contributed by atoms with Crippen molar-refractivity contribution >= 4 is 0 Å². The Balaban J connectivity index is 2.01. The fraction of sp³-hybridized carbons (Fsp3) is 0.583. The van der Waals surface area contributed by atoms with Crippen LogP contribution in [-0.4, -0.2) is 42.7 Å². The zero-order valence-corrected chi connectivity index (χ0v) is 9.94. The van der Waals surface area contributed by atoms with Gasteiger partial charge in [-0.25, -0.2) is 0 Å². The van der Waals surface area contributed by atoms with Crippen LogP contribution < -0.4 is 10.1 Å². The molecule has 1 aromatic heterocycles. The average molecular weight is 221 g/mol. The van der Waals surface area contributed by atoms with Crippen molar-refractivity contribution in [2.75, 3.05) is 26.7 Å². The minimum absolute atomic E-state index is 0.571. The summed E-state index contributed by atoms with van der Waals surface area (Å²) in [5.41, 5.74) is 1.08. The van der Waals surface area contributed by atoms with E-state index >= 15 is 0 Å². The highest BCUT2D eigenvalue weighted by atomic mass is 16.5. The smallest absolute Gasteiger partial charge is 0.122 e. The SMILES string of the molecule is COc1ccnc(CN2CCNCC2C)c1. The maximum absolute atomic E-state index is 5.20. The third-order valence-corrected chi connectivity index (χ3v) is 3.03. The summed E-state index contributed by atoms with van der Waals surface area (Å²) in [5.74, 6) is 0.882. The second-order valence-corrected chi connectivity index (χ2v) is 4.21. The first kappa shape index (κ1) is 11.4. The highest BCUT2D eigenvalue weighted by molar-refractivity contribution is 5.22. The molecule has 1 aliphatic heterocycles. The van der Waals surface area contributed by atoms with Crippen LogP contribution in [0.15, 0.2) is 18.3 Å². The number of piperazine rings is 1. The predicted octanol–water partition coefficient (Wildman–Crippen LogP) is 0.884. The van der Waals surface area contributed by atoms with Gasteiger partial charge in [0.2, 0.25) is 0 Å². The third-order valence-electron chi connectivity index (χ3n) is 3.03. The number of rotatable bonds is 3. The first-order valence-corrected chi connectivity index (χ1v) is 5.73. The Morgan fingerprint density at radius 2 is 2.50 bits per heavy atom. The molecule has 1 atom stereocenters. The van der Waals surface area contributed by atoms with Crippen LogP contribution >= 0.6 is 0 Å². The molecule has 1 saturated heterocycles. The average Bonchev–Trinajstić information content (AvgIpc) is 2.32.